The lowest BCUT2D eigenvalue weighted by atomic mass is 10.0. The molecule has 1 atom stereocenters. The summed E-state index contributed by atoms with van der Waals surface area (Å²) in [6, 6.07) is 4.32. The molecule has 0 radical (unpaired) electrons. The van der Waals surface area contributed by atoms with Crippen LogP contribution in [0.25, 0.3) is 0 Å². The predicted molar refractivity (Wildman–Crippen MR) is 67.9 cm³/mol. The molecule has 1 N–H and O–H groups in total. The van der Waals surface area contributed by atoms with Gasteiger partial charge in [0.2, 0.25) is 0 Å². The molecule has 0 saturated heterocycles. The molecule has 0 aliphatic rings. The van der Waals surface area contributed by atoms with E-state index in [1.807, 2.05) is 20.8 Å². The number of rotatable bonds is 4. The summed E-state index contributed by atoms with van der Waals surface area (Å²) >= 11 is 5.76. The third-order valence-corrected chi connectivity index (χ3v) is 2.99. The zero-order valence-corrected chi connectivity index (χ0v) is 11.0. The van der Waals surface area contributed by atoms with Gasteiger partial charge in [0.25, 0.3) is 5.91 Å². The molecule has 94 valence electrons. The van der Waals surface area contributed by atoms with E-state index in [4.69, 9.17) is 11.6 Å². The number of nitrogens with one attached hydrogen (secondary N) is 1. The summed E-state index contributed by atoms with van der Waals surface area (Å²) in [5.74, 6) is -0.392. The molecule has 1 rings (SSSR count). The third-order valence-electron chi connectivity index (χ3n) is 2.65. The molecule has 0 heterocycles. The van der Waals surface area contributed by atoms with Gasteiger partial charge in [-0.05, 0) is 25.0 Å². The van der Waals surface area contributed by atoms with Crippen LogP contribution in [0.1, 0.15) is 29.8 Å². The second-order valence-corrected chi connectivity index (χ2v) is 4.77. The zero-order chi connectivity index (χ0) is 13.0. The van der Waals surface area contributed by atoms with E-state index in [9.17, 15) is 9.18 Å². The fourth-order valence-electron chi connectivity index (χ4n) is 1.44. The number of hydrogen-bond donors (Lipinski definition) is 1. The Bertz CT molecular complexity index is 406. The van der Waals surface area contributed by atoms with Crippen molar-refractivity contribution >= 4 is 17.5 Å². The van der Waals surface area contributed by atoms with E-state index in [0.717, 1.165) is 5.56 Å². The van der Waals surface area contributed by atoms with E-state index in [0.29, 0.717) is 5.88 Å². The molecular formula is C13H17ClFNO. The van der Waals surface area contributed by atoms with Crippen molar-refractivity contribution in [3.63, 3.8) is 0 Å². The van der Waals surface area contributed by atoms with Crippen LogP contribution in [-0.4, -0.2) is 17.8 Å². The van der Waals surface area contributed by atoms with Gasteiger partial charge in [-0.15, -0.1) is 11.6 Å². The van der Waals surface area contributed by atoms with Crippen LogP contribution >= 0.6 is 11.6 Å². The largest absolute Gasteiger partial charge is 0.348 e. The molecular weight excluding hydrogens is 241 g/mol. The number of benzene rings is 1. The van der Waals surface area contributed by atoms with Gasteiger partial charge in [-0.1, -0.05) is 25.5 Å². The SMILES string of the molecule is Cc1ccc(F)c(C(=O)NC(CCl)C(C)C)c1. The molecule has 2 nitrogen and oxygen atoms in total. The Morgan fingerprint density at radius 2 is 2.12 bits per heavy atom. The molecule has 0 aliphatic heterocycles. The number of alkyl halides is 1. The van der Waals surface area contributed by atoms with Crippen molar-refractivity contribution in [2.75, 3.05) is 5.88 Å². The van der Waals surface area contributed by atoms with Gasteiger partial charge in [-0.2, -0.15) is 0 Å². The van der Waals surface area contributed by atoms with Crippen molar-refractivity contribution in [3.05, 3.63) is 35.1 Å². The van der Waals surface area contributed by atoms with Crippen LogP contribution < -0.4 is 5.32 Å². The van der Waals surface area contributed by atoms with Gasteiger partial charge < -0.3 is 5.32 Å². The van der Waals surface area contributed by atoms with Gasteiger partial charge >= 0.3 is 0 Å². The maximum Gasteiger partial charge on any atom is 0.254 e. The first-order chi connectivity index (χ1) is 7.95. The van der Waals surface area contributed by atoms with Crippen molar-refractivity contribution < 1.29 is 9.18 Å². The quantitative estimate of drug-likeness (QED) is 0.825. The molecule has 1 unspecified atom stereocenters. The molecule has 0 spiro atoms. The van der Waals surface area contributed by atoms with Crippen LogP contribution in [0.15, 0.2) is 18.2 Å². The highest BCUT2D eigenvalue weighted by Gasteiger charge is 2.18. The summed E-state index contributed by atoms with van der Waals surface area (Å²) in [6.45, 7) is 5.73. The average Bonchev–Trinajstić information content (AvgIpc) is 2.28. The Balaban J connectivity index is 2.86. The fraction of sp³-hybridized carbons (Fsp3) is 0.462. The van der Waals surface area contributed by atoms with Gasteiger partial charge in [-0.3, -0.25) is 4.79 Å². The van der Waals surface area contributed by atoms with Crippen LogP contribution in [0.5, 0.6) is 0 Å². The van der Waals surface area contributed by atoms with Gasteiger partial charge in [0.05, 0.1) is 5.56 Å². The second-order valence-electron chi connectivity index (χ2n) is 4.46. The van der Waals surface area contributed by atoms with Gasteiger partial charge in [0.15, 0.2) is 0 Å². The normalized spacial score (nSPS) is 12.6. The number of amides is 1. The van der Waals surface area contributed by atoms with Gasteiger partial charge in [-0.25, -0.2) is 4.39 Å². The monoisotopic (exact) mass is 257 g/mol. The number of carbonyl (C=O) groups excluding carboxylic acids is 1. The number of halogens is 2. The van der Waals surface area contributed by atoms with Crippen molar-refractivity contribution in [2.24, 2.45) is 5.92 Å². The average molecular weight is 258 g/mol. The van der Waals surface area contributed by atoms with Crippen LogP contribution in [-0.2, 0) is 0 Å². The predicted octanol–water partition coefficient (Wildman–Crippen LogP) is 3.13. The molecule has 1 amide bonds. The topological polar surface area (TPSA) is 29.1 Å². The van der Waals surface area contributed by atoms with Crippen molar-refractivity contribution in [3.8, 4) is 0 Å². The summed E-state index contributed by atoms with van der Waals surface area (Å²) in [5.41, 5.74) is 0.921. The van der Waals surface area contributed by atoms with E-state index in [1.54, 1.807) is 6.07 Å². The molecule has 0 fully saturated rings. The summed E-state index contributed by atoms with van der Waals surface area (Å²) in [7, 11) is 0. The van der Waals surface area contributed by atoms with Gasteiger partial charge in [0.1, 0.15) is 5.82 Å². The first-order valence-corrected chi connectivity index (χ1v) is 6.12. The molecule has 0 bridgehead atoms. The molecule has 17 heavy (non-hydrogen) atoms. The molecule has 0 aliphatic carbocycles. The minimum Gasteiger partial charge on any atom is -0.348 e. The smallest absolute Gasteiger partial charge is 0.254 e. The lowest BCUT2D eigenvalue weighted by molar-refractivity contribution is 0.0927. The van der Waals surface area contributed by atoms with Crippen molar-refractivity contribution in [1.29, 1.82) is 0 Å². The summed E-state index contributed by atoms with van der Waals surface area (Å²) in [6.07, 6.45) is 0. The summed E-state index contributed by atoms with van der Waals surface area (Å²) < 4.78 is 13.5. The maximum atomic E-state index is 13.5. The Morgan fingerprint density at radius 1 is 1.47 bits per heavy atom. The standard InChI is InChI=1S/C13H17ClFNO/c1-8(2)12(7-14)16-13(17)10-6-9(3)4-5-11(10)15/h4-6,8,12H,7H2,1-3H3,(H,16,17). The minimum absolute atomic E-state index is 0.0702. The van der Waals surface area contributed by atoms with Crippen molar-refractivity contribution in [1.82, 2.24) is 5.32 Å². The number of carbonyl (C=O) groups is 1. The van der Waals surface area contributed by atoms with Crippen molar-refractivity contribution in [2.45, 2.75) is 26.8 Å². The third kappa shape index (κ3) is 3.70. The fourth-order valence-corrected chi connectivity index (χ4v) is 1.88. The van der Waals surface area contributed by atoms with Gasteiger partial charge in [0, 0.05) is 11.9 Å². The number of aryl methyl sites for hydroxylation is 1. The van der Waals surface area contributed by atoms with E-state index < -0.39 is 11.7 Å². The molecule has 0 aromatic heterocycles. The Hall–Kier alpha value is -1.09. The first-order valence-electron chi connectivity index (χ1n) is 5.58. The Kier molecular flexibility index (Phi) is 4.94. The zero-order valence-electron chi connectivity index (χ0n) is 10.3. The maximum absolute atomic E-state index is 13.5. The summed E-state index contributed by atoms with van der Waals surface area (Å²) in [5, 5.41) is 2.74. The highest BCUT2D eigenvalue weighted by Crippen LogP contribution is 2.11. The molecule has 1 aromatic rings. The van der Waals surface area contributed by atoms with E-state index in [2.05, 4.69) is 5.32 Å². The van der Waals surface area contributed by atoms with Crippen LogP contribution in [0.3, 0.4) is 0 Å². The highest BCUT2D eigenvalue weighted by atomic mass is 35.5. The lowest BCUT2D eigenvalue weighted by Crippen LogP contribution is -2.40. The second kappa shape index (κ2) is 6.01. The van der Waals surface area contributed by atoms with Crippen LogP contribution in [0.4, 0.5) is 4.39 Å². The summed E-state index contributed by atoms with van der Waals surface area (Å²) in [4.78, 5) is 11.9. The minimum atomic E-state index is -0.509. The Labute approximate surface area is 106 Å². The van der Waals surface area contributed by atoms with E-state index in [-0.39, 0.29) is 17.5 Å². The molecule has 4 heteroatoms. The first kappa shape index (κ1) is 14.0. The van der Waals surface area contributed by atoms with Crippen LogP contribution in [0.2, 0.25) is 0 Å². The number of hydrogen-bond acceptors (Lipinski definition) is 1. The Morgan fingerprint density at radius 3 is 2.65 bits per heavy atom. The van der Waals surface area contributed by atoms with E-state index in [1.165, 1.54) is 12.1 Å². The lowest BCUT2D eigenvalue weighted by Gasteiger charge is -2.19. The molecule has 0 saturated carbocycles. The molecule has 1 aromatic carbocycles. The highest BCUT2D eigenvalue weighted by molar-refractivity contribution is 6.18. The van der Waals surface area contributed by atoms with Crippen LogP contribution in [0, 0.1) is 18.7 Å². The van der Waals surface area contributed by atoms with E-state index >= 15 is 0 Å².